The smallest absolute Gasteiger partial charge is 0.300 e. The number of carbonyl (C=O) groups excluding carboxylic acids is 2. The van der Waals surface area contributed by atoms with E-state index >= 15 is 0 Å². The van der Waals surface area contributed by atoms with Crippen molar-refractivity contribution in [2.45, 2.75) is 26.5 Å². The number of benzene rings is 3. The number of nitrogens with zero attached hydrogens (tertiary/aromatic N) is 1. The molecule has 186 valence electrons. The van der Waals surface area contributed by atoms with E-state index < -0.39 is 17.7 Å². The summed E-state index contributed by atoms with van der Waals surface area (Å²) in [7, 11) is 0. The molecule has 1 unspecified atom stereocenters. The Morgan fingerprint density at radius 3 is 2.49 bits per heavy atom. The van der Waals surface area contributed by atoms with Gasteiger partial charge < -0.3 is 14.3 Å². The molecule has 1 saturated heterocycles. The molecule has 1 aliphatic rings. The van der Waals surface area contributed by atoms with Crippen LogP contribution in [0.2, 0.25) is 5.02 Å². The first-order valence-electron chi connectivity index (χ1n) is 11.7. The highest BCUT2D eigenvalue weighted by molar-refractivity contribution is 6.52. The Morgan fingerprint density at radius 1 is 1.00 bits per heavy atom. The van der Waals surface area contributed by atoms with E-state index in [1.807, 2.05) is 37.3 Å². The van der Waals surface area contributed by atoms with Gasteiger partial charge in [-0.1, -0.05) is 48.0 Å². The summed E-state index contributed by atoms with van der Waals surface area (Å²) in [6.45, 7) is 4.03. The first-order chi connectivity index (χ1) is 17.9. The molecule has 1 fully saturated rings. The molecule has 1 N–H and O–H groups in total. The molecule has 0 aliphatic carbocycles. The summed E-state index contributed by atoms with van der Waals surface area (Å²) in [5.74, 6) is -0.870. The van der Waals surface area contributed by atoms with E-state index in [-0.39, 0.29) is 11.3 Å². The van der Waals surface area contributed by atoms with Crippen molar-refractivity contribution in [3.8, 4) is 5.75 Å². The van der Waals surface area contributed by atoms with Gasteiger partial charge in [-0.15, -0.1) is 0 Å². The van der Waals surface area contributed by atoms with E-state index in [1.54, 1.807) is 55.5 Å². The number of ketones is 1. The maximum Gasteiger partial charge on any atom is 0.300 e. The lowest BCUT2D eigenvalue weighted by atomic mass is 9.98. The van der Waals surface area contributed by atoms with Gasteiger partial charge in [-0.05, 0) is 73.0 Å². The van der Waals surface area contributed by atoms with Crippen LogP contribution in [-0.2, 0) is 16.2 Å². The van der Waals surface area contributed by atoms with Crippen LogP contribution in [0.1, 0.15) is 34.1 Å². The molecule has 0 saturated carbocycles. The minimum atomic E-state index is -0.957. The highest BCUT2D eigenvalue weighted by Crippen LogP contribution is 2.44. The summed E-state index contributed by atoms with van der Waals surface area (Å²) < 4.78 is 11.6. The minimum Gasteiger partial charge on any atom is -0.507 e. The number of hydrogen-bond acceptors (Lipinski definition) is 5. The summed E-state index contributed by atoms with van der Waals surface area (Å²) in [5.41, 5.74) is 3.24. The van der Waals surface area contributed by atoms with Gasteiger partial charge in [-0.25, -0.2) is 0 Å². The number of aliphatic hydroxyl groups excluding tert-OH is 1. The number of anilines is 1. The molecular weight excluding hydrogens is 490 g/mol. The van der Waals surface area contributed by atoms with Gasteiger partial charge in [-0.3, -0.25) is 14.5 Å². The number of Topliss-reactive ketones (excluding diaryl/α,β-unsaturated/α-hetero) is 1. The van der Waals surface area contributed by atoms with Crippen LogP contribution >= 0.6 is 11.6 Å². The average molecular weight is 514 g/mol. The Bertz CT molecular complexity index is 1510. The minimum absolute atomic E-state index is 0.0586. The molecule has 1 amide bonds. The van der Waals surface area contributed by atoms with Crippen LogP contribution in [0.4, 0.5) is 5.69 Å². The second-order valence-corrected chi connectivity index (χ2v) is 9.23. The van der Waals surface area contributed by atoms with Crippen LogP contribution in [0.15, 0.2) is 95.1 Å². The van der Waals surface area contributed by atoms with Crippen LogP contribution in [0.5, 0.6) is 5.75 Å². The van der Waals surface area contributed by atoms with Gasteiger partial charge in [0.2, 0.25) is 0 Å². The summed E-state index contributed by atoms with van der Waals surface area (Å²) in [6, 6.07) is 22.4. The molecule has 0 bridgehead atoms. The fourth-order valence-corrected chi connectivity index (χ4v) is 4.67. The van der Waals surface area contributed by atoms with Gasteiger partial charge in [0, 0.05) is 16.3 Å². The highest BCUT2D eigenvalue weighted by Gasteiger charge is 2.48. The Balaban J connectivity index is 1.55. The molecule has 37 heavy (non-hydrogen) atoms. The van der Waals surface area contributed by atoms with E-state index in [1.165, 1.54) is 11.2 Å². The molecule has 4 aromatic rings. The molecule has 5 rings (SSSR count). The molecule has 1 aliphatic heterocycles. The van der Waals surface area contributed by atoms with Crippen molar-refractivity contribution < 1.29 is 23.8 Å². The van der Waals surface area contributed by atoms with Gasteiger partial charge in [0.1, 0.15) is 29.9 Å². The van der Waals surface area contributed by atoms with Gasteiger partial charge in [-0.2, -0.15) is 0 Å². The average Bonchev–Trinajstić information content (AvgIpc) is 3.52. The molecule has 1 aromatic heterocycles. The normalized spacial score (nSPS) is 16.8. The molecule has 2 heterocycles. The van der Waals surface area contributed by atoms with Crippen molar-refractivity contribution in [3.63, 3.8) is 0 Å². The van der Waals surface area contributed by atoms with E-state index in [0.29, 0.717) is 40.0 Å². The number of aryl methyl sites for hydroxylation is 1. The largest absolute Gasteiger partial charge is 0.507 e. The lowest BCUT2D eigenvalue weighted by molar-refractivity contribution is -0.132. The van der Waals surface area contributed by atoms with Crippen LogP contribution < -0.4 is 9.64 Å². The lowest BCUT2D eigenvalue weighted by Crippen LogP contribution is -2.30. The second kappa shape index (κ2) is 9.99. The summed E-state index contributed by atoms with van der Waals surface area (Å²) in [6.07, 6.45) is 1.46. The predicted octanol–water partition coefficient (Wildman–Crippen LogP) is 6.76. The van der Waals surface area contributed by atoms with Crippen molar-refractivity contribution >= 4 is 34.7 Å². The molecule has 0 spiro atoms. The van der Waals surface area contributed by atoms with E-state index in [4.69, 9.17) is 20.8 Å². The first kappa shape index (κ1) is 24.4. The molecule has 1 atom stereocenters. The van der Waals surface area contributed by atoms with Crippen molar-refractivity contribution in [3.05, 3.63) is 124 Å². The number of ether oxygens (including phenoxy) is 1. The Hall–Kier alpha value is -4.29. The molecule has 6 nitrogen and oxygen atoms in total. The van der Waals surface area contributed by atoms with Gasteiger partial charge >= 0.3 is 0 Å². The number of hydrogen-bond donors (Lipinski definition) is 1. The number of furan rings is 1. The Labute approximate surface area is 219 Å². The van der Waals surface area contributed by atoms with Crippen molar-refractivity contribution in [2.75, 3.05) is 4.90 Å². The standard InChI is InChI=1S/C30H24ClNO5/c1-18-16-21(13-14-24(18)37-17-20-8-4-3-5-9-20)28(33)26-27(25-12-7-15-36-25)32(30(35)29(26)34)23-11-6-10-22(31)19(23)2/h3-16,27,33H,17H2,1-2H3/b28-26-. The summed E-state index contributed by atoms with van der Waals surface area (Å²) in [4.78, 5) is 27.9. The lowest BCUT2D eigenvalue weighted by Gasteiger charge is -2.25. The topological polar surface area (TPSA) is 80.0 Å². The van der Waals surface area contributed by atoms with Crippen LogP contribution in [-0.4, -0.2) is 16.8 Å². The fourth-order valence-electron chi connectivity index (χ4n) is 4.50. The van der Waals surface area contributed by atoms with Crippen molar-refractivity contribution in [1.29, 1.82) is 0 Å². The first-order valence-corrected chi connectivity index (χ1v) is 12.1. The summed E-state index contributed by atoms with van der Waals surface area (Å²) in [5, 5.41) is 11.8. The zero-order valence-electron chi connectivity index (χ0n) is 20.3. The van der Waals surface area contributed by atoms with Crippen molar-refractivity contribution in [2.24, 2.45) is 0 Å². The third-order valence-electron chi connectivity index (χ3n) is 6.44. The molecule has 0 radical (unpaired) electrons. The molecule has 3 aromatic carbocycles. The van der Waals surface area contributed by atoms with E-state index in [2.05, 4.69) is 0 Å². The van der Waals surface area contributed by atoms with Crippen LogP contribution in [0.3, 0.4) is 0 Å². The third-order valence-corrected chi connectivity index (χ3v) is 6.85. The van der Waals surface area contributed by atoms with Crippen molar-refractivity contribution in [1.82, 2.24) is 0 Å². The number of halogens is 1. The Morgan fingerprint density at radius 2 is 1.78 bits per heavy atom. The number of carbonyl (C=O) groups is 2. The predicted molar refractivity (Wildman–Crippen MR) is 142 cm³/mol. The monoisotopic (exact) mass is 513 g/mol. The molecule has 7 heteroatoms. The third kappa shape index (κ3) is 4.52. The Kier molecular flexibility index (Phi) is 6.59. The zero-order valence-corrected chi connectivity index (χ0v) is 21.0. The van der Waals surface area contributed by atoms with Gasteiger partial charge in [0.15, 0.2) is 0 Å². The fraction of sp³-hybridized carbons (Fsp3) is 0.133. The van der Waals surface area contributed by atoms with E-state index in [0.717, 1.165) is 11.1 Å². The molecular formula is C30H24ClNO5. The van der Waals surface area contributed by atoms with Gasteiger partial charge in [0.05, 0.1) is 11.8 Å². The number of rotatable bonds is 6. The SMILES string of the molecule is Cc1cc(/C(O)=C2/C(=O)C(=O)N(c3cccc(Cl)c3C)C2c2ccco2)ccc1OCc1ccccc1. The number of amides is 1. The summed E-state index contributed by atoms with van der Waals surface area (Å²) >= 11 is 6.32. The van der Waals surface area contributed by atoms with Crippen LogP contribution in [0.25, 0.3) is 5.76 Å². The number of aliphatic hydroxyl groups is 1. The quantitative estimate of drug-likeness (QED) is 0.175. The highest BCUT2D eigenvalue weighted by atomic mass is 35.5. The maximum atomic E-state index is 13.3. The van der Waals surface area contributed by atoms with Gasteiger partial charge in [0.25, 0.3) is 11.7 Å². The maximum absolute atomic E-state index is 13.3. The van der Waals surface area contributed by atoms with Crippen LogP contribution in [0, 0.1) is 13.8 Å². The zero-order chi connectivity index (χ0) is 26.1. The van der Waals surface area contributed by atoms with E-state index in [9.17, 15) is 14.7 Å². The second-order valence-electron chi connectivity index (χ2n) is 8.82.